The topological polar surface area (TPSA) is 69.7 Å². The van der Waals surface area contributed by atoms with Crippen molar-refractivity contribution >= 4 is 21.6 Å². The first-order valence-corrected chi connectivity index (χ1v) is 7.90. The smallest absolute Gasteiger partial charge is 0.243 e. The monoisotopic (exact) mass is 297 g/mol. The fourth-order valence-electron chi connectivity index (χ4n) is 2.12. The molecule has 0 radical (unpaired) electrons. The highest BCUT2D eigenvalue weighted by Crippen LogP contribution is 2.20. The number of hydrogen-bond acceptors (Lipinski definition) is 4. The highest BCUT2D eigenvalue weighted by Gasteiger charge is 2.27. The van der Waals surface area contributed by atoms with Crippen molar-refractivity contribution < 1.29 is 13.2 Å². The molecule has 1 amide bonds. The average Bonchev–Trinajstić information content (AvgIpc) is 2.39. The Labute approximate surface area is 119 Å². The van der Waals surface area contributed by atoms with Crippen LogP contribution in [0.1, 0.15) is 6.92 Å². The molecule has 0 aromatic heterocycles. The van der Waals surface area contributed by atoms with Gasteiger partial charge in [-0.1, -0.05) is 6.07 Å². The Morgan fingerprint density at radius 1 is 1.20 bits per heavy atom. The summed E-state index contributed by atoms with van der Waals surface area (Å²) < 4.78 is 26.5. The van der Waals surface area contributed by atoms with Gasteiger partial charge >= 0.3 is 0 Å². The van der Waals surface area contributed by atoms with Gasteiger partial charge in [0.25, 0.3) is 0 Å². The number of benzene rings is 1. The first-order chi connectivity index (χ1) is 9.39. The molecule has 0 spiro atoms. The quantitative estimate of drug-likeness (QED) is 0.886. The average molecular weight is 297 g/mol. The van der Waals surface area contributed by atoms with Crippen LogP contribution in [0.25, 0.3) is 0 Å². The number of sulfonamides is 1. The van der Waals surface area contributed by atoms with Crippen molar-refractivity contribution in [2.45, 2.75) is 11.8 Å². The van der Waals surface area contributed by atoms with Crippen LogP contribution in [-0.2, 0) is 14.8 Å². The van der Waals surface area contributed by atoms with Crippen molar-refractivity contribution in [3.05, 3.63) is 24.3 Å². The number of likely N-dealkylation sites (N-methyl/N-ethyl adjacent to an activating group) is 1. The number of carbonyl (C=O) groups excluding carboxylic acids is 1. The molecule has 1 N–H and O–H groups in total. The minimum Gasteiger partial charge on any atom is -0.326 e. The molecule has 1 heterocycles. The zero-order valence-corrected chi connectivity index (χ0v) is 12.5. The maximum absolute atomic E-state index is 12.5. The minimum atomic E-state index is -3.49. The molecule has 0 saturated carbocycles. The lowest BCUT2D eigenvalue weighted by Crippen LogP contribution is -2.47. The fraction of sp³-hybridized carbons (Fsp3) is 0.462. The molecule has 1 fully saturated rings. The van der Waals surface area contributed by atoms with E-state index in [1.54, 1.807) is 18.2 Å². The predicted octanol–water partition coefficient (Wildman–Crippen LogP) is 0.581. The SMILES string of the molecule is CC(=O)Nc1cccc(S(=O)(=O)N2CCN(C)CC2)c1. The van der Waals surface area contributed by atoms with Gasteiger partial charge in [0.2, 0.25) is 15.9 Å². The van der Waals surface area contributed by atoms with E-state index in [2.05, 4.69) is 10.2 Å². The standard InChI is InChI=1S/C13H19N3O3S/c1-11(17)14-12-4-3-5-13(10-12)20(18,19)16-8-6-15(2)7-9-16/h3-5,10H,6-9H2,1-2H3,(H,14,17). The van der Waals surface area contributed by atoms with Crippen LogP contribution in [0.4, 0.5) is 5.69 Å². The molecule has 6 nitrogen and oxygen atoms in total. The van der Waals surface area contributed by atoms with Gasteiger partial charge in [-0.05, 0) is 25.2 Å². The Morgan fingerprint density at radius 3 is 2.45 bits per heavy atom. The summed E-state index contributed by atoms with van der Waals surface area (Å²) in [7, 11) is -1.51. The zero-order chi connectivity index (χ0) is 14.8. The lowest BCUT2D eigenvalue weighted by molar-refractivity contribution is -0.114. The van der Waals surface area contributed by atoms with Crippen molar-refractivity contribution in [2.75, 3.05) is 38.5 Å². The highest BCUT2D eigenvalue weighted by atomic mass is 32.2. The number of amides is 1. The van der Waals surface area contributed by atoms with E-state index in [0.29, 0.717) is 18.8 Å². The van der Waals surface area contributed by atoms with Crippen LogP contribution in [0.2, 0.25) is 0 Å². The first-order valence-electron chi connectivity index (χ1n) is 6.46. The van der Waals surface area contributed by atoms with E-state index in [9.17, 15) is 13.2 Å². The van der Waals surface area contributed by atoms with Crippen LogP contribution in [-0.4, -0.2) is 56.8 Å². The summed E-state index contributed by atoms with van der Waals surface area (Å²) in [5.41, 5.74) is 0.493. The largest absolute Gasteiger partial charge is 0.326 e. The molecule has 0 bridgehead atoms. The molecular weight excluding hydrogens is 278 g/mol. The maximum atomic E-state index is 12.5. The molecular formula is C13H19N3O3S. The van der Waals surface area contributed by atoms with Crippen LogP contribution >= 0.6 is 0 Å². The Hall–Kier alpha value is -1.44. The van der Waals surface area contributed by atoms with Gasteiger partial charge in [-0.25, -0.2) is 8.42 Å². The summed E-state index contributed by atoms with van der Waals surface area (Å²) in [6.45, 7) is 3.82. The van der Waals surface area contributed by atoms with E-state index < -0.39 is 10.0 Å². The summed E-state index contributed by atoms with van der Waals surface area (Å²) in [5.74, 6) is -0.223. The molecule has 0 atom stereocenters. The Morgan fingerprint density at radius 2 is 1.85 bits per heavy atom. The highest BCUT2D eigenvalue weighted by molar-refractivity contribution is 7.89. The maximum Gasteiger partial charge on any atom is 0.243 e. The van der Waals surface area contributed by atoms with Crippen molar-refractivity contribution in [1.29, 1.82) is 0 Å². The summed E-state index contributed by atoms with van der Waals surface area (Å²) in [5, 5.41) is 2.60. The van der Waals surface area contributed by atoms with E-state index in [0.717, 1.165) is 13.1 Å². The molecule has 1 aliphatic heterocycles. The number of anilines is 1. The molecule has 2 rings (SSSR count). The van der Waals surface area contributed by atoms with Gasteiger partial charge < -0.3 is 10.2 Å². The normalized spacial score (nSPS) is 17.9. The minimum absolute atomic E-state index is 0.216. The fourth-order valence-corrected chi connectivity index (χ4v) is 3.58. The number of hydrogen-bond donors (Lipinski definition) is 1. The molecule has 1 saturated heterocycles. The molecule has 1 aromatic rings. The Bertz CT molecular complexity index is 593. The lowest BCUT2D eigenvalue weighted by Gasteiger charge is -2.31. The number of rotatable bonds is 3. The third kappa shape index (κ3) is 3.36. The zero-order valence-electron chi connectivity index (χ0n) is 11.7. The van der Waals surface area contributed by atoms with Crippen molar-refractivity contribution in [3.63, 3.8) is 0 Å². The number of carbonyl (C=O) groups is 1. The molecule has 0 aliphatic carbocycles. The van der Waals surface area contributed by atoms with Gasteiger partial charge in [0.1, 0.15) is 0 Å². The second kappa shape index (κ2) is 5.90. The lowest BCUT2D eigenvalue weighted by atomic mass is 10.3. The second-order valence-corrected chi connectivity index (χ2v) is 6.85. The van der Waals surface area contributed by atoms with E-state index in [-0.39, 0.29) is 10.8 Å². The number of nitrogens with zero attached hydrogens (tertiary/aromatic N) is 2. The van der Waals surface area contributed by atoms with Crippen LogP contribution in [0.15, 0.2) is 29.2 Å². The molecule has 20 heavy (non-hydrogen) atoms. The van der Waals surface area contributed by atoms with Gasteiger partial charge in [-0.15, -0.1) is 0 Å². The van der Waals surface area contributed by atoms with Crippen LogP contribution in [0.3, 0.4) is 0 Å². The molecule has 1 aromatic carbocycles. The van der Waals surface area contributed by atoms with Crippen LogP contribution < -0.4 is 5.32 Å². The Balaban J connectivity index is 2.23. The van der Waals surface area contributed by atoms with E-state index in [4.69, 9.17) is 0 Å². The van der Waals surface area contributed by atoms with Gasteiger partial charge in [0, 0.05) is 38.8 Å². The van der Waals surface area contributed by atoms with Crippen molar-refractivity contribution in [2.24, 2.45) is 0 Å². The third-order valence-electron chi connectivity index (χ3n) is 3.25. The van der Waals surface area contributed by atoms with E-state index in [1.807, 2.05) is 7.05 Å². The van der Waals surface area contributed by atoms with Crippen molar-refractivity contribution in [1.82, 2.24) is 9.21 Å². The van der Waals surface area contributed by atoms with Crippen molar-refractivity contribution in [3.8, 4) is 0 Å². The van der Waals surface area contributed by atoms with Crippen LogP contribution in [0, 0.1) is 0 Å². The van der Waals surface area contributed by atoms with E-state index >= 15 is 0 Å². The predicted molar refractivity (Wildman–Crippen MR) is 77.0 cm³/mol. The summed E-state index contributed by atoms with van der Waals surface area (Å²) >= 11 is 0. The molecule has 7 heteroatoms. The molecule has 110 valence electrons. The number of nitrogens with one attached hydrogen (secondary N) is 1. The Kier molecular flexibility index (Phi) is 4.42. The van der Waals surface area contributed by atoms with Gasteiger partial charge in [-0.2, -0.15) is 4.31 Å². The van der Waals surface area contributed by atoms with Gasteiger partial charge in [0.15, 0.2) is 0 Å². The van der Waals surface area contributed by atoms with Gasteiger partial charge in [-0.3, -0.25) is 4.79 Å². The first kappa shape index (κ1) is 15.0. The second-order valence-electron chi connectivity index (χ2n) is 4.92. The molecule has 1 aliphatic rings. The molecule has 0 unspecified atom stereocenters. The van der Waals surface area contributed by atoms with Crippen LogP contribution in [0.5, 0.6) is 0 Å². The summed E-state index contributed by atoms with van der Waals surface area (Å²) in [4.78, 5) is 13.3. The van der Waals surface area contributed by atoms with E-state index in [1.165, 1.54) is 17.3 Å². The van der Waals surface area contributed by atoms with Gasteiger partial charge in [0.05, 0.1) is 4.90 Å². The number of piperazine rings is 1. The summed E-state index contributed by atoms with van der Waals surface area (Å²) in [6, 6.07) is 6.35. The summed E-state index contributed by atoms with van der Waals surface area (Å²) in [6.07, 6.45) is 0. The third-order valence-corrected chi connectivity index (χ3v) is 5.15.